The average Bonchev–Trinajstić information content (AvgIpc) is 2.50. The van der Waals surface area contributed by atoms with Crippen molar-refractivity contribution in [2.24, 2.45) is 10.9 Å². The van der Waals surface area contributed by atoms with Gasteiger partial charge in [-0.25, -0.2) is 0 Å². The molecule has 2 N–H and O–H groups in total. The van der Waals surface area contributed by atoms with Crippen molar-refractivity contribution in [3.8, 4) is 11.5 Å². The summed E-state index contributed by atoms with van der Waals surface area (Å²) in [7, 11) is 1.78. The molecule has 5 heteroatoms. The number of fused-ring (bicyclic) bond motifs is 1. The molecule has 0 bridgehead atoms. The van der Waals surface area contributed by atoms with E-state index in [9.17, 15) is 0 Å². The molecule has 0 saturated carbocycles. The first-order valence-electron chi connectivity index (χ1n) is 7.52. The van der Waals surface area contributed by atoms with Gasteiger partial charge < -0.3 is 20.1 Å². The number of benzene rings is 1. The summed E-state index contributed by atoms with van der Waals surface area (Å²) < 4.78 is 11.6. The van der Waals surface area contributed by atoms with Gasteiger partial charge in [0.1, 0.15) is 12.7 Å². The standard InChI is InChI=1S/C16H25N3O2/c1-12(2)8-9-18-16(17-3)19-10-13-11-20-14-6-4-5-7-15(14)21-13/h4-7,12-13H,8-11H2,1-3H3,(H2,17,18,19). The Hall–Kier alpha value is -1.91. The summed E-state index contributed by atoms with van der Waals surface area (Å²) in [6, 6.07) is 7.74. The number of para-hydroxylation sites is 2. The van der Waals surface area contributed by atoms with Crippen LogP contribution in [0, 0.1) is 5.92 Å². The second-order valence-corrected chi connectivity index (χ2v) is 5.56. The Bertz CT molecular complexity index is 474. The molecular formula is C16H25N3O2. The van der Waals surface area contributed by atoms with Gasteiger partial charge >= 0.3 is 0 Å². The second-order valence-electron chi connectivity index (χ2n) is 5.56. The number of hydrogen-bond donors (Lipinski definition) is 2. The molecule has 0 aromatic heterocycles. The van der Waals surface area contributed by atoms with Crippen LogP contribution in [0.15, 0.2) is 29.3 Å². The molecule has 0 spiro atoms. The lowest BCUT2D eigenvalue weighted by Gasteiger charge is -2.27. The summed E-state index contributed by atoms with van der Waals surface area (Å²) in [6.45, 7) is 6.55. The van der Waals surface area contributed by atoms with Gasteiger partial charge in [0.2, 0.25) is 0 Å². The van der Waals surface area contributed by atoms with Crippen molar-refractivity contribution in [3.05, 3.63) is 24.3 Å². The molecule has 0 fully saturated rings. The lowest BCUT2D eigenvalue weighted by atomic mass is 10.1. The van der Waals surface area contributed by atoms with Crippen molar-refractivity contribution in [2.45, 2.75) is 26.4 Å². The molecular weight excluding hydrogens is 266 g/mol. The number of nitrogens with one attached hydrogen (secondary N) is 2. The summed E-state index contributed by atoms with van der Waals surface area (Å²) in [5.74, 6) is 3.10. The molecule has 2 rings (SSSR count). The zero-order valence-corrected chi connectivity index (χ0v) is 13.1. The van der Waals surface area contributed by atoms with Crippen molar-refractivity contribution in [1.29, 1.82) is 0 Å². The van der Waals surface area contributed by atoms with Gasteiger partial charge in [0.05, 0.1) is 6.54 Å². The third-order valence-corrected chi connectivity index (χ3v) is 3.30. The minimum absolute atomic E-state index is 0.0106. The lowest BCUT2D eigenvalue weighted by molar-refractivity contribution is 0.0936. The Labute approximate surface area is 126 Å². The van der Waals surface area contributed by atoms with Crippen molar-refractivity contribution < 1.29 is 9.47 Å². The van der Waals surface area contributed by atoms with E-state index in [0.29, 0.717) is 19.1 Å². The van der Waals surface area contributed by atoms with Gasteiger partial charge in [-0.3, -0.25) is 4.99 Å². The first kappa shape index (κ1) is 15.5. The van der Waals surface area contributed by atoms with Crippen LogP contribution in [0.5, 0.6) is 11.5 Å². The van der Waals surface area contributed by atoms with E-state index < -0.39 is 0 Å². The minimum atomic E-state index is -0.0106. The van der Waals surface area contributed by atoms with Crippen molar-refractivity contribution in [1.82, 2.24) is 10.6 Å². The van der Waals surface area contributed by atoms with Gasteiger partial charge in [0.15, 0.2) is 17.5 Å². The zero-order valence-electron chi connectivity index (χ0n) is 13.1. The van der Waals surface area contributed by atoms with Crippen molar-refractivity contribution in [3.63, 3.8) is 0 Å². The number of guanidine groups is 1. The molecule has 0 aliphatic carbocycles. The van der Waals surface area contributed by atoms with E-state index in [4.69, 9.17) is 9.47 Å². The van der Waals surface area contributed by atoms with Crippen molar-refractivity contribution >= 4 is 5.96 Å². The van der Waals surface area contributed by atoms with Gasteiger partial charge in [0, 0.05) is 13.6 Å². The van der Waals surface area contributed by atoms with Gasteiger partial charge in [-0.05, 0) is 24.5 Å². The lowest BCUT2D eigenvalue weighted by Crippen LogP contribution is -2.45. The summed E-state index contributed by atoms with van der Waals surface area (Å²) in [5.41, 5.74) is 0. The minimum Gasteiger partial charge on any atom is -0.486 e. The van der Waals surface area contributed by atoms with Gasteiger partial charge in [0.25, 0.3) is 0 Å². The van der Waals surface area contributed by atoms with E-state index in [1.165, 1.54) is 0 Å². The predicted octanol–water partition coefficient (Wildman–Crippen LogP) is 2.04. The molecule has 1 heterocycles. The quantitative estimate of drug-likeness (QED) is 0.644. The molecule has 1 unspecified atom stereocenters. The molecule has 0 amide bonds. The zero-order chi connectivity index (χ0) is 15.1. The highest BCUT2D eigenvalue weighted by molar-refractivity contribution is 5.79. The molecule has 5 nitrogen and oxygen atoms in total. The summed E-state index contributed by atoms with van der Waals surface area (Å²) in [6.07, 6.45) is 1.11. The Morgan fingerprint density at radius 1 is 1.29 bits per heavy atom. The Kier molecular flexibility index (Phi) is 5.72. The first-order chi connectivity index (χ1) is 10.2. The van der Waals surface area contributed by atoms with Crippen LogP contribution in [0.4, 0.5) is 0 Å². The first-order valence-corrected chi connectivity index (χ1v) is 7.52. The Morgan fingerprint density at radius 3 is 2.76 bits per heavy atom. The highest BCUT2D eigenvalue weighted by atomic mass is 16.6. The van der Waals surface area contributed by atoms with E-state index in [1.807, 2.05) is 24.3 Å². The molecule has 1 atom stereocenters. The largest absolute Gasteiger partial charge is 0.486 e. The van der Waals surface area contributed by atoms with Crippen LogP contribution >= 0.6 is 0 Å². The second kappa shape index (κ2) is 7.76. The number of hydrogen-bond acceptors (Lipinski definition) is 3. The topological polar surface area (TPSA) is 54.9 Å². The van der Waals surface area contributed by atoms with E-state index in [0.717, 1.165) is 30.4 Å². The average molecular weight is 291 g/mol. The van der Waals surface area contributed by atoms with Crippen LogP contribution in [0.3, 0.4) is 0 Å². The SMILES string of the molecule is CN=C(NCCC(C)C)NCC1COc2ccccc2O1. The Morgan fingerprint density at radius 2 is 2.05 bits per heavy atom. The fourth-order valence-corrected chi connectivity index (χ4v) is 2.07. The smallest absolute Gasteiger partial charge is 0.191 e. The third kappa shape index (κ3) is 4.85. The third-order valence-electron chi connectivity index (χ3n) is 3.30. The van der Waals surface area contributed by atoms with Gasteiger partial charge in [-0.1, -0.05) is 26.0 Å². The molecule has 1 aliphatic rings. The maximum absolute atomic E-state index is 5.90. The monoisotopic (exact) mass is 291 g/mol. The number of ether oxygens (including phenoxy) is 2. The fraction of sp³-hybridized carbons (Fsp3) is 0.562. The number of rotatable bonds is 5. The van der Waals surface area contributed by atoms with E-state index >= 15 is 0 Å². The molecule has 21 heavy (non-hydrogen) atoms. The molecule has 0 saturated heterocycles. The van der Waals surface area contributed by atoms with Gasteiger partial charge in [-0.2, -0.15) is 0 Å². The Balaban J connectivity index is 1.75. The van der Waals surface area contributed by atoms with Crippen LogP contribution in [0.25, 0.3) is 0 Å². The molecule has 116 valence electrons. The van der Waals surface area contributed by atoms with E-state index in [-0.39, 0.29) is 6.10 Å². The van der Waals surface area contributed by atoms with Crippen molar-refractivity contribution in [2.75, 3.05) is 26.7 Å². The molecule has 1 aromatic rings. The van der Waals surface area contributed by atoms with E-state index in [1.54, 1.807) is 7.05 Å². The van der Waals surface area contributed by atoms with Crippen LogP contribution in [-0.4, -0.2) is 38.8 Å². The van der Waals surface area contributed by atoms with Crippen LogP contribution in [-0.2, 0) is 0 Å². The van der Waals surface area contributed by atoms with Crippen LogP contribution in [0.1, 0.15) is 20.3 Å². The molecule has 1 aromatic carbocycles. The normalized spacial score (nSPS) is 17.7. The fourth-order valence-electron chi connectivity index (χ4n) is 2.07. The highest BCUT2D eigenvalue weighted by Gasteiger charge is 2.20. The summed E-state index contributed by atoms with van der Waals surface area (Å²) in [5, 5.41) is 6.58. The summed E-state index contributed by atoms with van der Waals surface area (Å²) >= 11 is 0. The van der Waals surface area contributed by atoms with Crippen LogP contribution < -0.4 is 20.1 Å². The number of nitrogens with zero attached hydrogens (tertiary/aromatic N) is 1. The molecule has 0 radical (unpaired) electrons. The van der Waals surface area contributed by atoms with E-state index in [2.05, 4.69) is 29.5 Å². The maximum atomic E-state index is 5.90. The predicted molar refractivity (Wildman–Crippen MR) is 85.2 cm³/mol. The molecule has 1 aliphatic heterocycles. The maximum Gasteiger partial charge on any atom is 0.191 e. The number of aliphatic imine (C=N–C) groups is 1. The summed E-state index contributed by atoms with van der Waals surface area (Å²) in [4.78, 5) is 4.21. The van der Waals surface area contributed by atoms with Gasteiger partial charge in [-0.15, -0.1) is 0 Å². The van der Waals surface area contributed by atoms with Crippen LogP contribution in [0.2, 0.25) is 0 Å². The highest BCUT2D eigenvalue weighted by Crippen LogP contribution is 2.30.